The lowest BCUT2D eigenvalue weighted by atomic mass is 10.1. The molecule has 0 spiro atoms. The minimum atomic E-state index is -5.64. The van der Waals surface area contributed by atoms with Gasteiger partial charge < -0.3 is 39.6 Å². The molecule has 1 aliphatic heterocycles. The van der Waals surface area contributed by atoms with Crippen molar-refractivity contribution >= 4 is 23.5 Å². The molecule has 1 fully saturated rings. The zero-order chi connectivity index (χ0) is 17.3. The summed E-state index contributed by atoms with van der Waals surface area (Å²) in [5, 5.41) is 27.5. The lowest BCUT2D eigenvalue weighted by molar-refractivity contribution is -0.132. The molecule has 7 N–H and O–H groups in total. The van der Waals surface area contributed by atoms with Crippen LogP contribution in [0.3, 0.4) is 0 Å². The first kappa shape index (κ1) is 20.3. The van der Waals surface area contributed by atoms with Crippen LogP contribution in [0, 0.1) is 0 Å². The van der Waals surface area contributed by atoms with E-state index < -0.39 is 54.7 Å². The molecule has 1 saturated heterocycles. The molecule has 2 unspecified atom stereocenters. The van der Waals surface area contributed by atoms with E-state index in [0.717, 1.165) is 0 Å². The molecule has 0 saturated carbocycles. The lowest BCUT2D eigenvalue weighted by Crippen LogP contribution is -2.34. The van der Waals surface area contributed by atoms with Crippen molar-refractivity contribution in [3.8, 4) is 0 Å². The van der Waals surface area contributed by atoms with Crippen LogP contribution < -0.4 is 0 Å². The molecule has 1 aliphatic rings. The van der Waals surface area contributed by atoms with Gasteiger partial charge in [-0.2, -0.15) is 8.62 Å². The van der Waals surface area contributed by atoms with Crippen molar-refractivity contribution < 1.29 is 66.5 Å². The molecule has 0 aromatic carbocycles. The third-order valence-electron chi connectivity index (χ3n) is 2.16. The van der Waals surface area contributed by atoms with Crippen LogP contribution in [0.2, 0.25) is 0 Å². The molecule has 17 heteroatoms. The first-order chi connectivity index (χ1) is 9.72. The summed E-state index contributed by atoms with van der Waals surface area (Å²) in [5.41, 5.74) is 0. The Bertz CT molecular complexity index is 527. The number of ether oxygens (including phenoxy) is 1. The zero-order valence-electron chi connectivity index (χ0n) is 10.3. The van der Waals surface area contributed by atoms with Crippen LogP contribution in [-0.2, 0) is 31.6 Å². The first-order valence-electron chi connectivity index (χ1n) is 5.20. The summed E-state index contributed by atoms with van der Waals surface area (Å²) in [7, 11) is -16.5. The van der Waals surface area contributed by atoms with Crippen LogP contribution >= 0.6 is 23.5 Å². The molecule has 22 heavy (non-hydrogen) atoms. The summed E-state index contributed by atoms with van der Waals surface area (Å²) in [4.78, 5) is 34.6. The summed E-state index contributed by atoms with van der Waals surface area (Å²) in [6.07, 6.45) is -6.67. The third-order valence-corrected chi connectivity index (χ3v) is 5.96. The maximum Gasteiger partial charge on any atom is 0.490 e. The SMILES string of the molecule is O=P(O)(O)OP(=O)(O)OP(=O)(O)OC[C@H]1O[C@@H](O)[C@H](O)[C@@H]1O. The average Bonchev–Trinajstić information content (AvgIpc) is 2.49. The van der Waals surface area contributed by atoms with Gasteiger partial charge in [-0.1, -0.05) is 0 Å². The normalized spacial score (nSPS) is 35.0. The number of hydrogen-bond donors (Lipinski definition) is 7. The monoisotopic (exact) mass is 390 g/mol. The summed E-state index contributed by atoms with van der Waals surface area (Å²) >= 11 is 0. The highest BCUT2D eigenvalue weighted by atomic mass is 31.3. The van der Waals surface area contributed by atoms with E-state index >= 15 is 0 Å². The molecule has 0 aromatic rings. The largest absolute Gasteiger partial charge is 0.490 e. The van der Waals surface area contributed by atoms with Gasteiger partial charge in [0, 0.05) is 0 Å². The molecule has 1 heterocycles. The molecule has 132 valence electrons. The van der Waals surface area contributed by atoms with E-state index in [1.54, 1.807) is 0 Å². The Kier molecular flexibility index (Phi) is 6.47. The summed E-state index contributed by atoms with van der Waals surface area (Å²) in [6, 6.07) is 0. The van der Waals surface area contributed by atoms with Gasteiger partial charge in [-0.05, 0) is 0 Å². The fourth-order valence-electron chi connectivity index (χ4n) is 1.34. The second-order valence-corrected chi connectivity index (χ2v) is 8.35. The molecule has 0 amide bonds. The fourth-order valence-corrected chi connectivity index (χ4v) is 4.37. The number of phosphoric acid groups is 3. The van der Waals surface area contributed by atoms with Crippen molar-refractivity contribution in [1.82, 2.24) is 0 Å². The van der Waals surface area contributed by atoms with Crippen molar-refractivity contribution in [2.45, 2.75) is 24.6 Å². The van der Waals surface area contributed by atoms with Gasteiger partial charge >= 0.3 is 23.5 Å². The minimum absolute atomic E-state index is 0.973. The minimum Gasteiger partial charge on any atom is -0.387 e. The van der Waals surface area contributed by atoms with Crippen LogP contribution in [0.5, 0.6) is 0 Å². The summed E-state index contributed by atoms with van der Waals surface area (Å²) in [5.74, 6) is 0. The number of hydrogen-bond acceptors (Lipinski definition) is 10. The van der Waals surface area contributed by atoms with Gasteiger partial charge in [-0.15, -0.1) is 0 Å². The summed E-state index contributed by atoms with van der Waals surface area (Å²) < 4.78 is 48.3. The van der Waals surface area contributed by atoms with Crippen LogP contribution in [-0.4, -0.2) is 66.1 Å². The Labute approximate surface area is 122 Å². The second kappa shape index (κ2) is 7.01. The van der Waals surface area contributed by atoms with Gasteiger partial charge in [0.15, 0.2) is 6.29 Å². The van der Waals surface area contributed by atoms with Crippen molar-refractivity contribution in [2.75, 3.05) is 6.61 Å². The van der Waals surface area contributed by atoms with Gasteiger partial charge in [-0.3, -0.25) is 4.52 Å². The Hall–Kier alpha value is 0.250. The molecule has 0 aromatic heterocycles. The Morgan fingerprint density at radius 3 is 1.82 bits per heavy atom. The van der Waals surface area contributed by atoms with E-state index in [1.807, 2.05) is 0 Å². The Balaban J connectivity index is 2.60. The molecule has 1 rings (SSSR count). The van der Waals surface area contributed by atoms with Gasteiger partial charge in [0.1, 0.15) is 18.3 Å². The molecule has 0 bridgehead atoms. The Morgan fingerprint density at radius 1 is 0.864 bits per heavy atom. The summed E-state index contributed by atoms with van der Waals surface area (Å²) in [6.45, 7) is -0.973. The molecule has 0 aliphatic carbocycles. The predicted molar refractivity (Wildman–Crippen MR) is 62.7 cm³/mol. The molecule has 14 nitrogen and oxygen atoms in total. The highest BCUT2D eigenvalue weighted by Gasteiger charge is 2.45. The van der Waals surface area contributed by atoms with Gasteiger partial charge in [-0.25, -0.2) is 13.7 Å². The maximum absolute atomic E-state index is 11.3. The topological polar surface area (TPSA) is 230 Å². The van der Waals surface area contributed by atoms with Crippen molar-refractivity contribution in [2.24, 2.45) is 0 Å². The standard InChI is InChI=1S/C5H13O14P3/c6-3-2(17-5(8)4(3)7)1-16-21(12,13)19-22(14,15)18-20(9,10)11/h2-8H,1H2,(H,12,13)(H,14,15)(H2,9,10,11)/t2-,3-,4-,5-/m1/s1. The predicted octanol–water partition coefficient (Wildman–Crippen LogP) is -2.23. The highest BCUT2D eigenvalue weighted by Crippen LogP contribution is 2.66. The van der Waals surface area contributed by atoms with E-state index in [1.165, 1.54) is 0 Å². The quantitative estimate of drug-likeness (QED) is 0.228. The lowest BCUT2D eigenvalue weighted by Gasteiger charge is -2.18. The first-order valence-corrected chi connectivity index (χ1v) is 9.72. The van der Waals surface area contributed by atoms with Crippen molar-refractivity contribution in [3.05, 3.63) is 0 Å². The van der Waals surface area contributed by atoms with E-state index in [9.17, 15) is 18.8 Å². The average molecular weight is 390 g/mol. The number of aliphatic hydroxyl groups excluding tert-OH is 3. The smallest absolute Gasteiger partial charge is 0.387 e. The molecule has 6 atom stereocenters. The third kappa shape index (κ3) is 6.40. The maximum atomic E-state index is 11.3. The van der Waals surface area contributed by atoms with Crippen LogP contribution in [0.15, 0.2) is 0 Å². The Morgan fingerprint density at radius 2 is 1.41 bits per heavy atom. The van der Waals surface area contributed by atoms with Crippen LogP contribution in [0.25, 0.3) is 0 Å². The molecular weight excluding hydrogens is 377 g/mol. The van der Waals surface area contributed by atoms with Gasteiger partial charge in [0.25, 0.3) is 0 Å². The van der Waals surface area contributed by atoms with Crippen LogP contribution in [0.1, 0.15) is 0 Å². The zero-order valence-corrected chi connectivity index (χ0v) is 13.0. The molecular formula is C5H13O14P3. The second-order valence-electron chi connectivity index (χ2n) is 3.93. The van der Waals surface area contributed by atoms with E-state index in [-0.39, 0.29) is 0 Å². The van der Waals surface area contributed by atoms with Gasteiger partial charge in [0.2, 0.25) is 0 Å². The number of phosphoric ester groups is 1. The van der Waals surface area contributed by atoms with Crippen LogP contribution in [0.4, 0.5) is 0 Å². The molecule has 0 radical (unpaired) electrons. The number of rotatable bonds is 7. The fraction of sp³-hybridized carbons (Fsp3) is 1.00. The van der Waals surface area contributed by atoms with E-state index in [2.05, 4.69) is 17.9 Å². The van der Waals surface area contributed by atoms with Gasteiger partial charge in [0.05, 0.1) is 6.61 Å². The number of aliphatic hydroxyl groups is 3. The highest BCUT2D eigenvalue weighted by molar-refractivity contribution is 7.66. The van der Waals surface area contributed by atoms with E-state index in [0.29, 0.717) is 0 Å². The van der Waals surface area contributed by atoms with E-state index in [4.69, 9.17) is 29.8 Å². The van der Waals surface area contributed by atoms with Crippen molar-refractivity contribution in [1.29, 1.82) is 0 Å². The van der Waals surface area contributed by atoms with Crippen molar-refractivity contribution in [3.63, 3.8) is 0 Å².